The smallest absolute Gasteiger partial charge is 0.739 e. The Hall–Kier alpha value is 1.18. The number of aliphatic hydroxyl groups is 2. The molecule has 0 aromatic rings. The van der Waals surface area contributed by atoms with Crippen LogP contribution in [0.5, 0.6) is 0 Å². The van der Waals surface area contributed by atoms with Crippen LogP contribution in [-0.4, -0.2) is 41.6 Å². The van der Waals surface area contributed by atoms with Gasteiger partial charge in [-0.15, -0.1) is 0 Å². The second-order valence-corrected chi connectivity index (χ2v) is 4.85. The zero-order chi connectivity index (χ0) is 8.20. The van der Waals surface area contributed by atoms with Crippen molar-refractivity contribution in [1.29, 1.82) is 0 Å². The Kier molecular flexibility index (Phi) is 8.91. The molecule has 8 heteroatoms. The van der Waals surface area contributed by atoms with Crippen molar-refractivity contribution in [3.05, 3.63) is 0 Å². The molecule has 0 heterocycles. The van der Waals surface area contributed by atoms with Crippen LogP contribution in [-0.2, 0) is 9.15 Å². The van der Waals surface area contributed by atoms with E-state index < -0.39 is 21.9 Å². The first-order chi connectivity index (χ1) is 4.45. The van der Waals surface area contributed by atoms with Crippen LogP contribution in [0.2, 0.25) is 0 Å². The molecule has 0 saturated carbocycles. The fourth-order valence-electron chi connectivity index (χ4n) is 0.215. The summed E-state index contributed by atoms with van der Waals surface area (Å²) in [5, 5.41) is 16.7. The van der Waals surface area contributed by atoms with Gasteiger partial charge in [-0.2, -0.15) is 0 Å². The van der Waals surface area contributed by atoms with Crippen molar-refractivity contribution in [2.75, 3.05) is 12.4 Å². The molecule has 2 N–H and O–H groups in total. The van der Waals surface area contributed by atoms with E-state index in [0.29, 0.717) is 0 Å². The van der Waals surface area contributed by atoms with Gasteiger partial charge in [-0.1, -0.05) is 0 Å². The average molecular weight is 210 g/mol. The van der Waals surface area contributed by atoms with Crippen LogP contribution < -0.4 is 29.6 Å². The molecule has 0 fully saturated rings. The molecule has 0 aliphatic rings. The molecule has 1 atom stereocenters. The molecule has 1 unspecified atom stereocenters. The van der Waals surface area contributed by atoms with Gasteiger partial charge >= 0.3 is 29.6 Å². The number of rotatable bonds is 4. The van der Waals surface area contributed by atoms with Gasteiger partial charge in [0, 0.05) is 5.75 Å². The summed E-state index contributed by atoms with van der Waals surface area (Å²) in [4.78, 5) is 0. The summed E-state index contributed by atoms with van der Waals surface area (Å²) >= 11 is 0. The maximum absolute atomic E-state index is 9.87. The molecule has 0 bridgehead atoms. The van der Waals surface area contributed by atoms with Crippen LogP contribution in [0, 0.1) is 0 Å². The summed E-state index contributed by atoms with van der Waals surface area (Å²) in [5.74, 6) is -0.289. The minimum atomic E-state index is -4.33. The fourth-order valence-corrected chi connectivity index (χ4v) is 1.61. The van der Waals surface area contributed by atoms with Crippen molar-refractivity contribution in [1.82, 2.24) is 0 Å². The average Bonchev–Trinajstić information content (AvgIpc) is 1.81. The molecule has 0 rings (SSSR count). The first-order valence-corrected chi connectivity index (χ1v) is 5.26. The Bertz CT molecular complexity index is 178. The van der Waals surface area contributed by atoms with E-state index in [-0.39, 0.29) is 46.1 Å². The molecule has 0 aliphatic heterocycles. The third kappa shape index (κ3) is 11.2. The molecular weight excluding hydrogens is 203 g/mol. The van der Waals surface area contributed by atoms with Crippen molar-refractivity contribution >= 4 is 19.9 Å². The summed E-state index contributed by atoms with van der Waals surface area (Å²) < 4.78 is 29.6. The molecule has 5 nitrogen and oxygen atoms in total. The predicted molar refractivity (Wildman–Crippen MR) is 35.2 cm³/mol. The van der Waals surface area contributed by atoms with Gasteiger partial charge in [-0.3, -0.25) is 0 Å². The maximum Gasteiger partial charge on any atom is 1.00 e. The van der Waals surface area contributed by atoms with Gasteiger partial charge in [-0.25, -0.2) is 8.42 Å². The zero-order valence-corrected chi connectivity index (χ0v) is 9.56. The monoisotopic (exact) mass is 210 g/mol. The molecule has 0 saturated heterocycles. The van der Waals surface area contributed by atoms with E-state index in [4.69, 9.17) is 10.2 Å². The van der Waals surface area contributed by atoms with Crippen LogP contribution in [0.25, 0.3) is 0 Å². The van der Waals surface area contributed by atoms with Crippen LogP contribution in [0.15, 0.2) is 0 Å². The van der Waals surface area contributed by atoms with Crippen molar-refractivity contribution in [3.8, 4) is 0 Å². The topological polar surface area (TPSA) is 97.7 Å². The molecule has 0 aromatic heterocycles. The van der Waals surface area contributed by atoms with Gasteiger partial charge in [0.15, 0.2) is 0 Å². The first-order valence-electron chi connectivity index (χ1n) is 2.35. The third-order valence-electron chi connectivity index (χ3n) is 0.616. The van der Waals surface area contributed by atoms with E-state index in [9.17, 15) is 13.0 Å². The van der Waals surface area contributed by atoms with Crippen molar-refractivity contribution in [3.63, 3.8) is 0 Å². The fraction of sp³-hybridized carbons (Fsp3) is 1.00. The Morgan fingerprint density at radius 3 is 2.27 bits per heavy atom. The van der Waals surface area contributed by atoms with Crippen LogP contribution >= 0.6 is 10.8 Å². The third-order valence-corrected chi connectivity index (χ3v) is 2.70. The van der Waals surface area contributed by atoms with Gasteiger partial charge in [-0.05, 0) is 10.8 Å². The Morgan fingerprint density at radius 1 is 1.55 bits per heavy atom. The van der Waals surface area contributed by atoms with E-state index in [1.54, 1.807) is 0 Å². The molecule has 0 radical (unpaired) electrons. The maximum atomic E-state index is 9.87. The zero-order valence-electron chi connectivity index (χ0n) is 5.93. The number of aliphatic hydroxyl groups excluding tert-OH is 2. The Labute approximate surface area is 90.6 Å². The SMILES string of the molecule is O=S(=O)([O-])SCC(O)CO.[Na+]. The van der Waals surface area contributed by atoms with Gasteiger partial charge in [0.25, 0.3) is 0 Å². The molecule has 62 valence electrons. The quantitative estimate of drug-likeness (QED) is 0.276. The van der Waals surface area contributed by atoms with Crippen molar-refractivity contribution in [2.45, 2.75) is 6.10 Å². The van der Waals surface area contributed by atoms with Crippen LogP contribution in [0.4, 0.5) is 0 Å². The minimum absolute atomic E-state index is 0. The molecule has 0 amide bonds. The second kappa shape index (κ2) is 6.67. The first kappa shape index (κ1) is 14.7. The minimum Gasteiger partial charge on any atom is -0.739 e. The standard InChI is InChI=1S/C3H8O5S2.Na/c4-1-3(5)2-9-10(6,7)8;/h3-5H,1-2H2,(H,6,7,8);/q;+1/p-1. The van der Waals surface area contributed by atoms with Gasteiger partial charge in [0.05, 0.1) is 12.7 Å². The second-order valence-electron chi connectivity index (χ2n) is 1.53. The van der Waals surface area contributed by atoms with Gasteiger partial charge < -0.3 is 14.8 Å². The molecule has 0 aliphatic carbocycles. The summed E-state index contributed by atoms with van der Waals surface area (Å²) in [6.07, 6.45) is -1.14. The predicted octanol–water partition coefficient (Wildman–Crippen LogP) is -4.46. The molecule has 11 heavy (non-hydrogen) atoms. The molecule has 0 spiro atoms. The number of hydrogen-bond acceptors (Lipinski definition) is 6. The van der Waals surface area contributed by atoms with Gasteiger partial charge in [0.1, 0.15) is 9.15 Å². The summed E-state index contributed by atoms with van der Waals surface area (Å²) in [6.45, 7) is -0.539. The van der Waals surface area contributed by atoms with Crippen molar-refractivity contribution < 1.29 is 52.7 Å². The van der Waals surface area contributed by atoms with Crippen LogP contribution in [0.1, 0.15) is 0 Å². The largest absolute Gasteiger partial charge is 1.00 e. The molecule has 0 aromatic carbocycles. The van der Waals surface area contributed by atoms with E-state index in [1.165, 1.54) is 0 Å². The Morgan fingerprint density at radius 2 is 2.00 bits per heavy atom. The number of hydrogen-bond donors (Lipinski definition) is 2. The Balaban J connectivity index is 0. The normalized spacial score (nSPS) is 13.7. The van der Waals surface area contributed by atoms with E-state index >= 15 is 0 Å². The van der Waals surface area contributed by atoms with E-state index in [1.807, 2.05) is 0 Å². The van der Waals surface area contributed by atoms with E-state index in [0.717, 1.165) is 0 Å². The summed E-state index contributed by atoms with van der Waals surface area (Å²) in [5.41, 5.74) is 0. The van der Waals surface area contributed by atoms with Crippen LogP contribution in [0.3, 0.4) is 0 Å². The molecular formula is C3H7NaO5S2. The summed E-state index contributed by atoms with van der Waals surface area (Å²) in [6, 6.07) is 0. The summed E-state index contributed by atoms with van der Waals surface area (Å²) in [7, 11) is -4.26. The van der Waals surface area contributed by atoms with Crippen molar-refractivity contribution in [2.24, 2.45) is 0 Å². The van der Waals surface area contributed by atoms with Gasteiger partial charge in [0.2, 0.25) is 0 Å². The van der Waals surface area contributed by atoms with E-state index in [2.05, 4.69) is 0 Å².